The largest absolute Gasteiger partial charge is 0.497 e. The Labute approximate surface area is 199 Å². The minimum absolute atomic E-state index is 0.0154. The molecule has 3 amide bonds. The zero-order chi connectivity index (χ0) is 23.9. The van der Waals surface area contributed by atoms with Gasteiger partial charge in [-0.15, -0.1) is 0 Å². The molecule has 1 fully saturated rings. The van der Waals surface area contributed by atoms with Gasteiger partial charge in [-0.2, -0.15) is 0 Å². The number of rotatable bonds is 8. The fraction of sp³-hybridized carbons (Fsp3) is 0.259. The van der Waals surface area contributed by atoms with E-state index in [0.717, 1.165) is 41.3 Å². The van der Waals surface area contributed by atoms with Crippen LogP contribution in [0.1, 0.15) is 17.5 Å². The number of anilines is 2. The highest BCUT2D eigenvalue weighted by Gasteiger charge is 2.26. The average Bonchev–Trinajstić information content (AvgIpc) is 2.87. The Hall–Kier alpha value is -4.00. The van der Waals surface area contributed by atoms with Crippen LogP contribution in [0.3, 0.4) is 0 Å². The van der Waals surface area contributed by atoms with Crippen LogP contribution in [0.25, 0.3) is 0 Å². The lowest BCUT2D eigenvalue weighted by atomic mass is 10.1. The molecular weight excluding hydrogens is 430 g/mol. The van der Waals surface area contributed by atoms with Crippen molar-refractivity contribution in [1.29, 1.82) is 0 Å². The van der Waals surface area contributed by atoms with E-state index in [1.807, 2.05) is 77.7 Å². The van der Waals surface area contributed by atoms with Gasteiger partial charge in [-0.05, 0) is 66.1 Å². The van der Waals surface area contributed by atoms with Crippen LogP contribution in [0.2, 0.25) is 0 Å². The molecule has 1 aliphatic heterocycles. The number of urea groups is 1. The van der Waals surface area contributed by atoms with Crippen molar-refractivity contribution in [3.05, 3.63) is 83.9 Å². The number of carbonyl (C=O) groups is 2. The molecule has 7 nitrogen and oxygen atoms in total. The molecule has 0 unspecified atom stereocenters. The van der Waals surface area contributed by atoms with Crippen LogP contribution in [-0.2, 0) is 17.8 Å². The summed E-state index contributed by atoms with van der Waals surface area (Å²) in [5.41, 5.74) is 3.48. The standard InChI is InChI=1S/C27H29N3O4/c1-33-24-12-4-20(5-13-24)18-26(31)28-22-8-10-23(11-9-22)30-17-3-16-29(27(30)32)19-21-6-14-25(34-2)15-7-21/h4-15H,3,16-19H2,1-2H3,(H,28,31). The van der Waals surface area contributed by atoms with Crippen molar-refractivity contribution < 1.29 is 19.1 Å². The van der Waals surface area contributed by atoms with Crippen molar-refractivity contribution in [2.24, 2.45) is 0 Å². The van der Waals surface area contributed by atoms with Crippen molar-refractivity contribution in [1.82, 2.24) is 4.90 Å². The highest BCUT2D eigenvalue weighted by Crippen LogP contribution is 2.24. The van der Waals surface area contributed by atoms with Crippen molar-refractivity contribution in [2.45, 2.75) is 19.4 Å². The maximum absolute atomic E-state index is 13.1. The molecule has 0 aromatic heterocycles. The van der Waals surface area contributed by atoms with Crippen molar-refractivity contribution >= 4 is 23.3 Å². The first kappa shape index (κ1) is 23.2. The van der Waals surface area contributed by atoms with Gasteiger partial charge in [0, 0.05) is 31.0 Å². The average molecular weight is 460 g/mol. The lowest BCUT2D eigenvalue weighted by Gasteiger charge is -2.35. The maximum atomic E-state index is 13.1. The van der Waals surface area contributed by atoms with Crippen molar-refractivity contribution in [3.8, 4) is 11.5 Å². The lowest BCUT2D eigenvalue weighted by molar-refractivity contribution is -0.115. The van der Waals surface area contributed by atoms with Crippen LogP contribution in [-0.4, -0.2) is 44.1 Å². The normalized spacial score (nSPS) is 13.5. The van der Waals surface area contributed by atoms with Crippen LogP contribution in [0.4, 0.5) is 16.2 Å². The van der Waals surface area contributed by atoms with Gasteiger partial charge in [0.15, 0.2) is 0 Å². The van der Waals surface area contributed by atoms with E-state index in [4.69, 9.17) is 9.47 Å². The molecule has 0 spiro atoms. The maximum Gasteiger partial charge on any atom is 0.324 e. The quantitative estimate of drug-likeness (QED) is 0.529. The number of benzene rings is 3. The molecule has 34 heavy (non-hydrogen) atoms. The van der Waals surface area contributed by atoms with Crippen LogP contribution in [0, 0.1) is 0 Å². The third kappa shape index (κ3) is 5.67. The Morgan fingerprint density at radius 1 is 0.824 bits per heavy atom. The Morgan fingerprint density at radius 2 is 1.41 bits per heavy atom. The third-order valence-corrected chi connectivity index (χ3v) is 5.83. The number of amides is 3. The smallest absolute Gasteiger partial charge is 0.324 e. The van der Waals surface area contributed by atoms with Crippen LogP contribution in [0.5, 0.6) is 11.5 Å². The van der Waals surface area contributed by atoms with Gasteiger partial charge in [-0.25, -0.2) is 4.79 Å². The molecule has 0 saturated carbocycles. The van der Waals surface area contributed by atoms with Gasteiger partial charge in [0.05, 0.1) is 20.6 Å². The van der Waals surface area contributed by atoms with E-state index in [2.05, 4.69) is 5.32 Å². The molecule has 0 bridgehead atoms. The summed E-state index contributed by atoms with van der Waals surface area (Å²) in [6, 6.07) is 22.6. The van der Waals surface area contributed by atoms with E-state index in [1.165, 1.54) is 0 Å². The summed E-state index contributed by atoms with van der Waals surface area (Å²) < 4.78 is 10.4. The Morgan fingerprint density at radius 3 is 2.00 bits per heavy atom. The van der Waals surface area contributed by atoms with Gasteiger partial charge in [0.25, 0.3) is 0 Å². The Balaban J connectivity index is 1.35. The molecule has 1 N–H and O–H groups in total. The topological polar surface area (TPSA) is 71.1 Å². The number of carbonyl (C=O) groups excluding carboxylic acids is 2. The summed E-state index contributed by atoms with van der Waals surface area (Å²) in [4.78, 5) is 29.2. The van der Waals surface area contributed by atoms with Crippen LogP contribution >= 0.6 is 0 Å². The summed E-state index contributed by atoms with van der Waals surface area (Å²) in [6.07, 6.45) is 1.17. The molecule has 0 aliphatic carbocycles. The predicted molar refractivity (Wildman–Crippen MR) is 133 cm³/mol. The zero-order valence-corrected chi connectivity index (χ0v) is 19.5. The number of hydrogen-bond donors (Lipinski definition) is 1. The second kappa shape index (κ2) is 10.7. The number of nitrogens with zero attached hydrogens (tertiary/aromatic N) is 2. The fourth-order valence-electron chi connectivity index (χ4n) is 3.98. The minimum atomic E-state index is -0.0994. The molecule has 4 rings (SSSR count). The van der Waals surface area contributed by atoms with Gasteiger partial charge >= 0.3 is 6.03 Å². The summed E-state index contributed by atoms with van der Waals surface area (Å²) in [6.45, 7) is 1.95. The lowest BCUT2D eigenvalue weighted by Crippen LogP contribution is -2.49. The first-order valence-electron chi connectivity index (χ1n) is 11.3. The third-order valence-electron chi connectivity index (χ3n) is 5.83. The van der Waals surface area contributed by atoms with Gasteiger partial charge < -0.3 is 19.7 Å². The highest BCUT2D eigenvalue weighted by atomic mass is 16.5. The second-order valence-corrected chi connectivity index (χ2v) is 8.18. The molecule has 3 aromatic carbocycles. The molecule has 1 heterocycles. The summed E-state index contributed by atoms with van der Waals surface area (Å²) >= 11 is 0. The van der Waals surface area contributed by atoms with E-state index in [-0.39, 0.29) is 18.4 Å². The minimum Gasteiger partial charge on any atom is -0.497 e. The first-order chi connectivity index (χ1) is 16.6. The summed E-state index contributed by atoms with van der Waals surface area (Å²) in [5.74, 6) is 1.46. The van der Waals surface area contributed by atoms with E-state index in [9.17, 15) is 9.59 Å². The number of nitrogens with one attached hydrogen (secondary N) is 1. The molecule has 7 heteroatoms. The zero-order valence-electron chi connectivity index (χ0n) is 19.5. The molecular formula is C27H29N3O4. The molecule has 1 aliphatic rings. The first-order valence-corrected chi connectivity index (χ1v) is 11.3. The molecule has 176 valence electrons. The number of ether oxygens (including phenoxy) is 2. The van der Waals surface area contributed by atoms with Gasteiger partial charge in [0.1, 0.15) is 11.5 Å². The van der Waals surface area contributed by atoms with Gasteiger partial charge in [0.2, 0.25) is 5.91 Å². The molecule has 3 aromatic rings. The van der Waals surface area contributed by atoms with E-state index in [0.29, 0.717) is 18.8 Å². The van der Waals surface area contributed by atoms with Crippen LogP contribution < -0.4 is 19.7 Å². The highest BCUT2D eigenvalue weighted by molar-refractivity contribution is 5.94. The number of hydrogen-bond acceptors (Lipinski definition) is 4. The second-order valence-electron chi connectivity index (χ2n) is 8.18. The summed E-state index contributed by atoms with van der Waals surface area (Å²) in [7, 11) is 3.25. The molecule has 0 atom stereocenters. The predicted octanol–water partition coefficient (Wildman–Crippen LogP) is 4.72. The van der Waals surface area contributed by atoms with E-state index < -0.39 is 0 Å². The van der Waals surface area contributed by atoms with Crippen molar-refractivity contribution in [3.63, 3.8) is 0 Å². The Bertz CT molecular complexity index is 1110. The van der Waals surface area contributed by atoms with E-state index >= 15 is 0 Å². The van der Waals surface area contributed by atoms with E-state index in [1.54, 1.807) is 19.1 Å². The monoisotopic (exact) mass is 459 g/mol. The molecule has 1 saturated heterocycles. The van der Waals surface area contributed by atoms with Gasteiger partial charge in [-0.3, -0.25) is 9.69 Å². The van der Waals surface area contributed by atoms with Gasteiger partial charge in [-0.1, -0.05) is 24.3 Å². The van der Waals surface area contributed by atoms with Crippen molar-refractivity contribution in [2.75, 3.05) is 37.5 Å². The Kier molecular flexibility index (Phi) is 7.32. The number of methoxy groups -OCH3 is 2. The fourth-order valence-corrected chi connectivity index (χ4v) is 3.98. The van der Waals surface area contributed by atoms with Crippen LogP contribution in [0.15, 0.2) is 72.8 Å². The summed E-state index contributed by atoms with van der Waals surface area (Å²) in [5, 5.41) is 2.92. The SMILES string of the molecule is COc1ccc(CC(=O)Nc2ccc(N3CCCN(Cc4ccc(OC)cc4)C3=O)cc2)cc1. The molecule has 0 radical (unpaired) electrons.